The summed E-state index contributed by atoms with van der Waals surface area (Å²) in [4.78, 5) is 0. The van der Waals surface area contributed by atoms with E-state index in [9.17, 15) is 0 Å². The first-order chi connectivity index (χ1) is 10.0. The molecule has 0 bridgehead atoms. The van der Waals surface area contributed by atoms with Crippen molar-refractivity contribution in [3.05, 3.63) is 57.6 Å². The minimum Gasteiger partial charge on any atom is -0.497 e. The van der Waals surface area contributed by atoms with E-state index in [4.69, 9.17) is 38.4 Å². The number of hydrogen-bond acceptors (Lipinski definition) is 3. The fourth-order valence-corrected chi connectivity index (χ4v) is 2.25. The highest BCUT2D eigenvalue weighted by atomic mass is 35.5. The van der Waals surface area contributed by atoms with Gasteiger partial charge in [-0.25, -0.2) is 0 Å². The Hall–Kier alpha value is -1.42. The quantitative estimate of drug-likeness (QED) is 0.873. The SMILES string of the molecule is COc1ccc([C@@H](C)N)c(OCc2ccc(Cl)c(Cl)c2)c1. The molecular formula is C16H17Cl2NO2. The molecule has 0 fully saturated rings. The van der Waals surface area contributed by atoms with Crippen LogP contribution in [0.25, 0.3) is 0 Å². The van der Waals surface area contributed by atoms with Gasteiger partial charge in [-0.3, -0.25) is 0 Å². The number of halogens is 2. The molecule has 0 radical (unpaired) electrons. The van der Waals surface area contributed by atoms with E-state index in [1.165, 1.54) is 0 Å². The monoisotopic (exact) mass is 325 g/mol. The summed E-state index contributed by atoms with van der Waals surface area (Å²) in [6, 6.07) is 10.9. The van der Waals surface area contributed by atoms with Gasteiger partial charge in [0.05, 0.1) is 17.2 Å². The fraction of sp³-hybridized carbons (Fsp3) is 0.250. The molecule has 0 spiro atoms. The smallest absolute Gasteiger partial charge is 0.128 e. The number of nitrogens with two attached hydrogens (primary N) is 1. The maximum absolute atomic E-state index is 6.00. The van der Waals surface area contributed by atoms with Crippen molar-refractivity contribution in [3.8, 4) is 11.5 Å². The Kier molecular flexibility index (Phi) is 5.34. The maximum Gasteiger partial charge on any atom is 0.128 e. The van der Waals surface area contributed by atoms with E-state index in [1.807, 2.05) is 31.2 Å². The van der Waals surface area contributed by atoms with Crippen LogP contribution in [0, 0.1) is 0 Å². The summed E-state index contributed by atoms with van der Waals surface area (Å²) in [5.41, 5.74) is 7.82. The number of hydrogen-bond donors (Lipinski definition) is 1. The van der Waals surface area contributed by atoms with E-state index < -0.39 is 0 Å². The lowest BCUT2D eigenvalue weighted by Crippen LogP contribution is -2.08. The first kappa shape index (κ1) is 16.0. The molecular weight excluding hydrogens is 309 g/mol. The van der Waals surface area contributed by atoms with Gasteiger partial charge in [-0.15, -0.1) is 0 Å². The highest BCUT2D eigenvalue weighted by Gasteiger charge is 2.10. The molecule has 0 amide bonds. The van der Waals surface area contributed by atoms with Gasteiger partial charge in [0, 0.05) is 17.7 Å². The van der Waals surface area contributed by atoms with Gasteiger partial charge in [0.25, 0.3) is 0 Å². The third kappa shape index (κ3) is 4.03. The van der Waals surface area contributed by atoms with Crippen LogP contribution in [0.1, 0.15) is 24.1 Å². The van der Waals surface area contributed by atoms with E-state index >= 15 is 0 Å². The molecule has 21 heavy (non-hydrogen) atoms. The molecule has 0 aliphatic rings. The van der Waals surface area contributed by atoms with Crippen molar-refractivity contribution in [2.24, 2.45) is 5.73 Å². The second-order valence-corrected chi connectivity index (χ2v) is 5.54. The summed E-state index contributed by atoms with van der Waals surface area (Å²) in [5, 5.41) is 1.04. The van der Waals surface area contributed by atoms with Crippen LogP contribution in [0.2, 0.25) is 10.0 Å². The zero-order chi connectivity index (χ0) is 15.4. The molecule has 0 unspecified atom stereocenters. The molecule has 2 rings (SSSR count). The highest BCUT2D eigenvalue weighted by Crippen LogP contribution is 2.30. The van der Waals surface area contributed by atoms with Gasteiger partial charge in [0.1, 0.15) is 18.1 Å². The van der Waals surface area contributed by atoms with Gasteiger partial charge >= 0.3 is 0 Å². The van der Waals surface area contributed by atoms with Crippen molar-refractivity contribution in [1.82, 2.24) is 0 Å². The summed E-state index contributed by atoms with van der Waals surface area (Å²) in [6.45, 7) is 2.29. The van der Waals surface area contributed by atoms with Crippen LogP contribution in [0.15, 0.2) is 36.4 Å². The number of methoxy groups -OCH3 is 1. The van der Waals surface area contributed by atoms with Crippen LogP contribution in [-0.4, -0.2) is 7.11 Å². The summed E-state index contributed by atoms with van der Waals surface area (Å²) < 4.78 is 11.1. The van der Waals surface area contributed by atoms with E-state index in [2.05, 4.69) is 0 Å². The first-order valence-corrected chi connectivity index (χ1v) is 7.27. The van der Waals surface area contributed by atoms with E-state index in [0.717, 1.165) is 16.9 Å². The lowest BCUT2D eigenvalue weighted by Gasteiger charge is -2.15. The largest absolute Gasteiger partial charge is 0.497 e. The standard InChI is InChI=1S/C16H17Cl2NO2/c1-10(19)13-5-4-12(20-2)8-16(13)21-9-11-3-6-14(17)15(18)7-11/h3-8,10H,9,19H2,1-2H3/t10-/m1/s1. The molecule has 0 saturated carbocycles. The van der Waals surface area contributed by atoms with Crippen molar-refractivity contribution in [1.29, 1.82) is 0 Å². The Labute approximate surface area is 134 Å². The molecule has 5 heteroatoms. The predicted molar refractivity (Wildman–Crippen MR) is 86.4 cm³/mol. The van der Waals surface area contributed by atoms with Crippen LogP contribution >= 0.6 is 23.2 Å². The molecule has 1 atom stereocenters. The van der Waals surface area contributed by atoms with Crippen LogP contribution in [0.4, 0.5) is 0 Å². The third-order valence-corrected chi connectivity index (χ3v) is 3.83. The van der Waals surface area contributed by atoms with Crippen LogP contribution in [-0.2, 0) is 6.61 Å². The van der Waals surface area contributed by atoms with Crippen LogP contribution in [0.5, 0.6) is 11.5 Å². The van der Waals surface area contributed by atoms with E-state index in [0.29, 0.717) is 22.4 Å². The lowest BCUT2D eigenvalue weighted by atomic mass is 10.1. The lowest BCUT2D eigenvalue weighted by molar-refractivity contribution is 0.299. The summed E-state index contributed by atoms with van der Waals surface area (Å²) >= 11 is 11.9. The average molecular weight is 326 g/mol. The zero-order valence-electron chi connectivity index (χ0n) is 11.9. The van der Waals surface area contributed by atoms with Gasteiger partial charge in [-0.2, -0.15) is 0 Å². The highest BCUT2D eigenvalue weighted by molar-refractivity contribution is 6.42. The summed E-state index contributed by atoms with van der Waals surface area (Å²) in [5.74, 6) is 1.43. The second kappa shape index (κ2) is 7.03. The molecule has 2 N–H and O–H groups in total. The van der Waals surface area contributed by atoms with Gasteiger partial charge in [-0.05, 0) is 30.7 Å². The Morgan fingerprint density at radius 1 is 1.10 bits per heavy atom. The fourth-order valence-electron chi connectivity index (χ4n) is 1.93. The molecule has 0 heterocycles. The number of ether oxygens (including phenoxy) is 2. The van der Waals surface area contributed by atoms with Crippen molar-refractivity contribution >= 4 is 23.2 Å². The molecule has 2 aromatic carbocycles. The topological polar surface area (TPSA) is 44.5 Å². The number of benzene rings is 2. The molecule has 0 aliphatic carbocycles. The summed E-state index contributed by atoms with van der Waals surface area (Å²) in [7, 11) is 1.61. The number of rotatable bonds is 5. The normalized spacial score (nSPS) is 12.0. The minimum atomic E-state index is -0.125. The maximum atomic E-state index is 6.00. The molecule has 0 saturated heterocycles. The van der Waals surface area contributed by atoms with Gasteiger partial charge in [0.2, 0.25) is 0 Å². The second-order valence-electron chi connectivity index (χ2n) is 4.73. The van der Waals surface area contributed by atoms with Gasteiger partial charge in [0.15, 0.2) is 0 Å². The average Bonchev–Trinajstić information content (AvgIpc) is 2.48. The first-order valence-electron chi connectivity index (χ1n) is 6.51. The van der Waals surface area contributed by atoms with Crippen molar-refractivity contribution < 1.29 is 9.47 Å². The van der Waals surface area contributed by atoms with E-state index in [-0.39, 0.29) is 6.04 Å². The molecule has 0 aliphatic heterocycles. The zero-order valence-corrected chi connectivity index (χ0v) is 13.4. The Balaban J connectivity index is 2.19. The minimum absolute atomic E-state index is 0.125. The van der Waals surface area contributed by atoms with Crippen molar-refractivity contribution in [3.63, 3.8) is 0 Å². The Morgan fingerprint density at radius 3 is 2.48 bits per heavy atom. The Morgan fingerprint density at radius 2 is 1.86 bits per heavy atom. The molecule has 0 aromatic heterocycles. The van der Waals surface area contributed by atoms with E-state index in [1.54, 1.807) is 19.2 Å². The van der Waals surface area contributed by atoms with Gasteiger partial charge in [-0.1, -0.05) is 35.3 Å². The molecule has 2 aromatic rings. The molecule has 112 valence electrons. The van der Waals surface area contributed by atoms with Crippen LogP contribution < -0.4 is 15.2 Å². The van der Waals surface area contributed by atoms with Crippen molar-refractivity contribution in [2.45, 2.75) is 19.6 Å². The van der Waals surface area contributed by atoms with Crippen LogP contribution in [0.3, 0.4) is 0 Å². The molecule has 3 nitrogen and oxygen atoms in total. The van der Waals surface area contributed by atoms with Gasteiger partial charge < -0.3 is 15.2 Å². The Bertz CT molecular complexity index is 630. The summed E-state index contributed by atoms with van der Waals surface area (Å²) in [6.07, 6.45) is 0. The van der Waals surface area contributed by atoms with Crippen molar-refractivity contribution in [2.75, 3.05) is 7.11 Å². The third-order valence-electron chi connectivity index (χ3n) is 3.09. The predicted octanol–water partition coefficient (Wildman–Crippen LogP) is 4.60.